The zero-order valence-corrected chi connectivity index (χ0v) is 11.7. The van der Waals surface area contributed by atoms with Crippen LogP contribution in [0.25, 0.3) is 0 Å². The van der Waals surface area contributed by atoms with Crippen LogP contribution in [0.15, 0.2) is 0 Å². The van der Waals surface area contributed by atoms with Crippen LogP contribution in [-0.2, 0) is 11.2 Å². The minimum atomic E-state index is 0.400. The second-order valence-corrected chi connectivity index (χ2v) is 4.58. The van der Waals surface area contributed by atoms with E-state index in [2.05, 4.69) is 35.9 Å². The highest BCUT2D eigenvalue weighted by Gasteiger charge is 2.14. The third-order valence-electron chi connectivity index (χ3n) is 3.26. The molecule has 0 bridgehead atoms. The number of nitrogens with zero attached hydrogens (tertiary/aromatic N) is 2. The van der Waals surface area contributed by atoms with Crippen molar-refractivity contribution in [2.45, 2.75) is 39.7 Å². The maximum absolute atomic E-state index is 5.12. The number of aromatic nitrogens is 2. The Kier molecular flexibility index (Phi) is 5.65. The molecule has 98 valence electrons. The number of methoxy groups -OCH3 is 1. The molecule has 0 spiro atoms. The van der Waals surface area contributed by atoms with E-state index in [1.165, 1.54) is 11.3 Å². The first kappa shape index (κ1) is 14.2. The van der Waals surface area contributed by atoms with Gasteiger partial charge in [-0.3, -0.25) is 4.68 Å². The first-order valence-electron chi connectivity index (χ1n) is 6.30. The first-order valence-corrected chi connectivity index (χ1v) is 6.30. The van der Waals surface area contributed by atoms with Gasteiger partial charge in [-0.25, -0.2) is 0 Å². The molecule has 0 saturated heterocycles. The Bertz CT molecular complexity index is 347. The lowest BCUT2D eigenvalue weighted by atomic mass is 10.1. The molecule has 1 rings (SSSR count). The van der Waals surface area contributed by atoms with E-state index >= 15 is 0 Å². The molecular weight excluding hydrogens is 214 g/mol. The van der Waals surface area contributed by atoms with Crippen LogP contribution in [0.3, 0.4) is 0 Å². The molecule has 0 aliphatic rings. The second-order valence-electron chi connectivity index (χ2n) is 4.58. The average Bonchev–Trinajstić information content (AvgIpc) is 2.60. The zero-order chi connectivity index (χ0) is 12.8. The predicted molar refractivity (Wildman–Crippen MR) is 70.5 cm³/mol. The third kappa shape index (κ3) is 3.54. The largest absolute Gasteiger partial charge is 0.385 e. The number of likely N-dealkylation sites (N-methyl/N-ethyl adjacent to an activating group) is 1. The van der Waals surface area contributed by atoms with E-state index in [0.29, 0.717) is 6.04 Å². The van der Waals surface area contributed by atoms with Gasteiger partial charge in [0.1, 0.15) is 0 Å². The van der Waals surface area contributed by atoms with Gasteiger partial charge in [0.15, 0.2) is 0 Å². The van der Waals surface area contributed by atoms with Crippen LogP contribution in [0.1, 0.15) is 36.3 Å². The molecule has 1 heterocycles. The van der Waals surface area contributed by atoms with Gasteiger partial charge in [0.25, 0.3) is 0 Å². The second kappa shape index (κ2) is 6.77. The van der Waals surface area contributed by atoms with Gasteiger partial charge >= 0.3 is 0 Å². The van der Waals surface area contributed by atoms with Crippen molar-refractivity contribution in [1.29, 1.82) is 0 Å². The lowest BCUT2D eigenvalue weighted by Gasteiger charge is -2.14. The van der Waals surface area contributed by atoms with E-state index in [9.17, 15) is 0 Å². The fraction of sp³-hybridized carbons (Fsp3) is 0.769. The summed E-state index contributed by atoms with van der Waals surface area (Å²) >= 11 is 0. The lowest BCUT2D eigenvalue weighted by Crippen LogP contribution is -2.13. The van der Waals surface area contributed by atoms with Crippen LogP contribution in [0.4, 0.5) is 0 Å². The number of aryl methyl sites for hydroxylation is 1. The monoisotopic (exact) mass is 239 g/mol. The van der Waals surface area contributed by atoms with Gasteiger partial charge in [-0.05, 0) is 52.8 Å². The first-order chi connectivity index (χ1) is 8.11. The van der Waals surface area contributed by atoms with E-state index in [1.54, 1.807) is 7.11 Å². The molecule has 0 aliphatic carbocycles. The highest BCUT2D eigenvalue weighted by molar-refractivity contribution is 5.25. The lowest BCUT2D eigenvalue weighted by molar-refractivity contribution is 0.178. The Hall–Kier alpha value is -0.870. The summed E-state index contributed by atoms with van der Waals surface area (Å²) in [5.74, 6) is 0. The predicted octanol–water partition coefficient (Wildman–Crippen LogP) is 1.86. The van der Waals surface area contributed by atoms with Crippen LogP contribution < -0.4 is 5.32 Å². The minimum Gasteiger partial charge on any atom is -0.385 e. The van der Waals surface area contributed by atoms with Crippen molar-refractivity contribution in [2.24, 2.45) is 0 Å². The molecule has 0 aromatic carbocycles. The highest BCUT2D eigenvalue weighted by atomic mass is 16.5. The van der Waals surface area contributed by atoms with Gasteiger partial charge in [0.2, 0.25) is 0 Å². The summed E-state index contributed by atoms with van der Waals surface area (Å²) < 4.78 is 7.26. The van der Waals surface area contributed by atoms with Crippen LogP contribution in [-0.4, -0.2) is 37.1 Å². The van der Waals surface area contributed by atoms with Crippen molar-refractivity contribution >= 4 is 0 Å². The summed E-state index contributed by atoms with van der Waals surface area (Å²) in [6.07, 6.45) is 2.05. The number of nitrogens with one attached hydrogen (secondary N) is 1. The molecule has 17 heavy (non-hydrogen) atoms. The topological polar surface area (TPSA) is 39.1 Å². The summed E-state index contributed by atoms with van der Waals surface area (Å²) in [5, 5.41) is 7.84. The van der Waals surface area contributed by atoms with Crippen molar-refractivity contribution in [3.05, 3.63) is 17.0 Å². The normalized spacial score (nSPS) is 13.0. The summed E-state index contributed by atoms with van der Waals surface area (Å²) in [4.78, 5) is 0. The van der Waals surface area contributed by atoms with Gasteiger partial charge in [0, 0.05) is 19.4 Å². The van der Waals surface area contributed by atoms with Crippen LogP contribution in [0.5, 0.6) is 0 Å². The van der Waals surface area contributed by atoms with Gasteiger partial charge in [0.05, 0.1) is 11.7 Å². The maximum atomic E-state index is 5.12. The molecule has 1 atom stereocenters. The highest BCUT2D eigenvalue weighted by Crippen LogP contribution is 2.19. The van der Waals surface area contributed by atoms with Crippen molar-refractivity contribution in [3.63, 3.8) is 0 Å². The molecule has 0 fully saturated rings. The number of ether oxygens (including phenoxy) is 1. The van der Waals surface area contributed by atoms with E-state index < -0.39 is 0 Å². The van der Waals surface area contributed by atoms with Crippen molar-refractivity contribution in [2.75, 3.05) is 27.3 Å². The Morgan fingerprint density at radius 1 is 1.41 bits per heavy atom. The van der Waals surface area contributed by atoms with E-state index in [1.807, 2.05) is 7.05 Å². The van der Waals surface area contributed by atoms with Crippen molar-refractivity contribution in [1.82, 2.24) is 15.1 Å². The smallest absolute Gasteiger partial charge is 0.0629 e. The zero-order valence-electron chi connectivity index (χ0n) is 11.7. The SMILES string of the molecule is CNCCc1c(C)nn(C(C)CCOC)c1C. The molecule has 1 N–H and O–H groups in total. The average molecular weight is 239 g/mol. The van der Waals surface area contributed by atoms with E-state index in [0.717, 1.165) is 31.7 Å². The van der Waals surface area contributed by atoms with Crippen LogP contribution in [0, 0.1) is 13.8 Å². The third-order valence-corrected chi connectivity index (χ3v) is 3.26. The van der Waals surface area contributed by atoms with E-state index in [-0.39, 0.29) is 0 Å². The van der Waals surface area contributed by atoms with Crippen LogP contribution >= 0.6 is 0 Å². The molecule has 1 aromatic rings. The molecule has 0 saturated carbocycles. The molecular formula is C13H25N3O. The summed E-state index contributed by atoms with van der Waals surface area (Å²) in [6.45, 7) is 8.23. The van der Waals surface area contributed by atoms with Crippen molar-refractivity contribution in [3.8, 4) is 0 Å². The summed E-state index contributed by atoms with van der Waals surface area (Å²) in [6, 6.07) is 0.400. The Balaban J connectivity index is 2.79. The number of rotatable bonds is 7. The maximum Gasteiger partial charge on any atom is 0.0629 e. The minimum absolute atomic E-state index is 0.400. The summed E-state index contributed by atoms with van der Waals surface area (Å²) in [7, 11) is 3.72. The molecule has 0 amide bonds. The van der Waals surface area contributed by atoms with Crippen molar-refractivity contribution < 1.29 is 4.74 Å². The fourth-order valence-electron chi connectivity index (χ4n) is 2.15. The molecule has 4 nitrogen and oxygen atoms in total. The molecule has 0 aliphatic heterocycles. The number of hydrogen-bond acceptors (Lipinski definition) is 3. The van der Waals surface area contributed by atoms with Gasteiger partial charge in [-0.15, -0.1) is 0 Å². The summed E-state index contributed by atoms with van der Waals surface area (Å²) in [5.41, 5.74) is 3.83. The van der Waals surface area contributed by atoms with Crippen LogP contribution in [0.2, 0.25) is 0 Å². The molecule has 1 aromatic heterocycles. The van der Waals surface area contributed by atoms with Gasteiger partial charge in [-0.1, -0.05) is 0 Å². The molecule has 4 heteroatoms. The van der Waals surface area contributed by atoms with Gasteiger partial charge < -0.3 is 10.1 Å². The fourth-order valence-corrected chi connectivity index (χ4v) is 2.15. The Morgan fingerprint density at radius 3 is 2.71 bits per heavy atom. The Morgan fingerprint density at radius 2 is 2.12 bits per heavy atom. The van der Waals surface area contributed by atoms with E-state index in [4.69, 9.17) is 4.74 Å². The molecule has 0 radical (unpaired) electrons. The number of hydrogen-bond donors (Lipinski definition) is 1. The standard InChI is InChI=1S/C13H25N3O/c1-10(7-9-17-5)16-12(3)13(6-8-14-4)11(2)15-16/h10,14H,6-9H2,1-5H3. The Labute approximate surface area is 104 Å². The van der Waals surface area contributed by atoms with Gasteiger partial charge in [-0.2, -0.15) is 5.10 Å². The molecule has 1 unspecified atom stereocenters. The quantitative estimate of drug-likeness (QED) is 0.789.